The van der Waals surface area contributed by atoms with Crippen molar-refractivity contribution in [3.63, 3.8) is 0 Å². The molecular formula is C15H20O4. The molecule has 0 bridgehead atoms. The molecule has 19 heavy (non-hydrogen) atoms. The van der Waals surface area contributed by atoms with E-state index in [9.17, 15) is 4.79 Å². The van der Waals surface area contributed by atoms with E-state index in [1.54, 1.807) is 14.0 Å². The third-order valence-electron chi connectivity index (χ3n) is 3.17. The Balaban J connectivity index is 2.21. The number of hydrogen-bond acceptors (Lipinski definition) is 4. The van der Waals surface area contributed by atoms with Crippen LogP contribution < -0.4 is 9.47 Å². The number of carbonyl (C=O) groups is 1. The van der Waals surface area contributed by atoms with Gasteiger partial charge in [-0.1, -0.05) is 12.1 Å². The maximum Gasteiger partial charge on any atom is 0.165 e. The van der Waals surface area contributed by atoms with E-state index < -0.39 is 0 Å². The van der Waals surface area contributed by atoms with Crippen LogP contribution in [0, 0.1) is 0 Å². The van der Waals surface area contributed by atoms with Gasteiger partial charge in [0.1, 0.15) is 11.9 Å². The molecule has 1 aliphatic rings. The first-order valence-electron chi connectivity index (χ1n) is 6.60. The number of hydrogen-bond donors (Lipinski definition) is 0. The highest BCUT2D eigenvalue weighted by molar-refractivity contribution is 5.79. The van der Waals surface area contributed by atoms with Crippen molar-refractivity contribution < 1.29 is 19.0 Å². The number of methoxy groups -OCH3 is 1. The van der Waals surface area contributed by atoms with Crippen molar-refractivity contribution in [2.24, 2.45) is 0 Å². The summed E-state index contributed by atoms with van der Waals surface area (Å²) in [5.41, 5.74) is 0.887. The van der Waals surface area contributed by atoms with E-state index in [2.05, 4.69) is 0 Å². The summed E-state index contributed by atoms with van der Waals surface area (Å²) in [6, 6.07) is 5.66. The Morgan fingerprint density at radius 2 is 2.11 bits per heavy atom. The molecule has 4 heteroatoms. The van der Waals surface area contributed by atoms with E-state index in [1.807, 2.05) is 18.2 Å². The summed E-state index contributed by atoms with van der Waals surface area (Å²) in [4.78, 5) is 11.3. The van der Waals surface area contributed by atoms with E-state index >= 15 is 0 Å². The molecule has 0 amide bonds. The minimum absolute atomic E-state index is 0.116. The molecule has 1 fully saturated rings. The fraction of sp³-hybridized carbons (Fsp3) is 0.533. The Bertz CT molecular complexity index is 436. The van der Waals surface area contributed by atoms with Gasteiger partial charge in [-0.25, -0.2) is 0 Å². The zero-order chi connectivity index (χ0) is 13.7. The minimum Gasteiger partial charge on any atom is -0.493 e. The average Bonchev–Trinajstić information content (AvgIpc) is 2.41. The van der Waals surface area contributed by atoms with Gasteiger partial charge in [-0.3, -0.25) is 4.79 Å². The van der Waals surface area contributed by atoms with Gasteiger partial charge in [0.25, 0.3) is 0 Å². The second kappa shape index (κ2) is 6.57. The second-order valence-corrected chi connectivity index (χ2v) is 4.76. The van der Waals surface area contributed by atoms with Crippen LogP contribution in [0.2, 0.25) is 0 Å². The Morgan fingerprint density at radius 1 is 1.37 bits per heavy atom. The topological polar surface area (TPSA) is 44.8 Å². The number of carbonyl (C=O) groups excluding carboxylic acids is 1. The van der Waals surface area contributed by atoms with Crippen LogP contribution in [-0.2, 0) is 16.0 Å². The van der Waals surface area contributed by atoms with Gasteiger partial charge < -0.3 is 14.2 Å². The molecule has 0 saturated carbocycles. The summed E-state index contributed by atoms with van der Waals surface area (Å²) in [5, 5.41) is 0. The summed E-state index contributed by atoms with van der Waals surface area (Å²) < 4.78 is 16.7. The summed E-state index contributed by atoms with van der Waals surface area (Å²) in [6.45, 7) is 3.03. The van der Waals surface area contributed by atoms with Crippen molar-refractivity contribution in [2.75, 3.05) is 20.3 Å². The normalized spacial score (nSPS) is 16.1. The van der Waals surface area contributed by atoms with Crippen LogP contribution in [0.3, 0.4) is 0 Å². The molecule has 1 heterocycles. The number of para-hydroxylation sites is 1. The Kier molecular flexibility index (Phi) is 4.80. The quantitative estimate of drug-likeness (QED) is 0.819. The molecule has 0 spiro atoms. The molecule has 0 unspecified atom stereocenters. The first-order chi connectivity index (χ1) is 9.20. The Labute approximate surface area is 113 Å². The molecule has 4 nitrogen and oxygen atoms in total. The smallest absolute Gasteiger partial charge is 0.165 e. The van der Waals surface area contributed by atoms with Gasteiger partial charge in [0.05, 0.1) is 20.3 Å². The molecular weight excluding hydrogens is 244 g/mol. The van der Waals surface area contributed by atoms with Crippen LogP contribution in [0.4, 0.5) is 0 Å². The Morgan fingerprint density at radius 3 is 2.74 bits per heavy atom. The van der Waals surface area contributed by atoms with Gasteiger partial charge in [-0.05, 0) is 13.0 Å². The van der Waals surface area contributed by atoms with Crippen molar-refractivity contribution in [3.05, 3.63) is 23.8 Å². The monoisotopic (exact) mass is 264 g/mol. The van der Waals surface area contributed by atoms with Crippen molar-refractivity contribution in [1.29, 1.82) is 0 Å². The molecule has 0 N–H and O–H groups in total. The first kappa shape index (κ1) is 13.9. The van der Waals surface area contributed by atoms with Crippen molar-refractivity contribution in [3.8, 4) is 11.5 Å². The predicted octanol–water partition coefficient (Wildman–Crippen LogP) is 2.38. The largest absolute Gasteiger partial charge is 0.493 e. The molecule has 104 valence electrons. The van der Waals surface area contributed by atoms with Crippen LogP contribution >= 0.6 is 0 Å². The molecule has 1 aliphatic heterocycles. The van der Waals surface area contributed by atoms with Crippen molar-refractivity contribution >= 4 is 5.78 Å². The molecule has 0 radical (unpaired) electrons. The van der Waals surface area contributed by atoms with Crippen LogP contribution in [0.5, 0.6) is 11.5 Å². The molecule has 1 saturated heterocycles. The van der Waals surface area contributed by atoms with Crippen LogP contribution in [-0.4, -0.2) is 32.2 Å². The molecule has 1 aromatic carbocycles. The van der Waals surface area contributed by atoms with Crippen molar-refractivity contribution in [1.82, 2.24) is 0 Å². The SMILES string of the molecule is COc1cccc(CC(C)=O)c1OC1CCOCC1. The number of rotatable bonds is 5. The number of Topliss-reactive ketones (excluding diaryl/α,β-unsaturated/α-hetero) is 1. The summed E-state index contributed by atoms with van der Waals surface area (Å²) in [6.07, 6.45) is 2.25. The lowest BCUT2D eigenvalue weighted by atomic mass is 10.1. The lowest BCUT2D eigenvalue weighted by Crippen LogP contribution is -2.26. The molecule has 2 rings (SSSR count). The summed E-state index contributed by atoms with van der Waals surface area (Å²) in [7, 11) is 1.61. The molecule has 1 aromatic rings. The number of ether oxygens (including phenoxy) is 3. The molecule has 0 aliphatic carbocycles. The summed E-state index contributed by atoms with van der Waals surface area (Å²) in [5.74, 6) is 1.50. The van der Waals surface area contributed by atoms with Crippen LogP contribution in [0.1, 0.15) is 25.3 Å². The third kappa shape index (κ3) is 3.70. The van der Waals surface area contributed by atoms with E-state index in [0.29, 0.717) is 17.9 Å². The van der Waals surface area contributed by atoms with Gasteiger partial charge >= 0.3 is 0 Å². The minimum atomic E-state index is 0.116. The van der Waals surface area contributed by atoms with E-state index in [1.165, 1.54) is 0 Å². The zero-order valence-corrected chi connectivity index (χ0v) is 11.5. The van der Waals surface area contributed by atoms with Crippen LogP contribution in [0.15, 0.2) is 18.2 Å². The highest BCUT2D eigenvalue weighted by Crippen LogP contribution is 2.33. The van der Waals surface area contributed by atoms with Gasteiger partial charge in [0.2, 0.25) is 0 Å². The first-order valence-corrected chi connectivity index (χ1v) is 6.60. The zero-order valence-electron chi connectivity index (χ0n) is 11.5. The standard InChI is InChI=1S/C15H20O4/c1-11(16)10-12-4-3-5-14(17-2)15(12)19-13-6-8-18-9-7-13/h3-5,13H,6-10H2,1-2H3. The average molecular weight is 264 g/mol. The fourth-order valence-corrected chi connectivity index (χ4v) is 2.22. The van der Waals surface area contributed by atoms with Crippen LogP contribution in [0.25, 0.3) is 0 Å². The molecule has 0 aromatic heterocycles. The van der Waals surface area contributed by atoms with Crippen molar-refractivity contribution in [2.45, 2.75) is 32.3 Å². The highest BCUT2D eigenvalue weighted by atomic mass is 16.5. The number of ketones is 1. The second-order valence-electron chi connectivity index (χ2n) is 4.76. The van der Waals surface area contributed by atoms with E-state index in [4.69, 9.17) is 14.2 Å². The van der Waals surface area contributed by atoms with Gasteiger partial charge in [-0.15, -0.1) is 0 Å². The van der Waals surface area contributed by atoms with Gasteiger partial charge in [-0.2, -0.15) is 0 Å². The van der Waals surface area contributed by atoms with Gasteiger partial charge in [0, 0.05) is 24.8 Å². The van der Waals surface area contributed by atoms with E-state index in [-0.39, 0.29) is 11.9 Å². The summed E-state index contributed by atoms with van der Waals surface area (Å²) >= 11 is 0. The maximum absolute atomic E-state index is 11.3. The number of benzene rings is 1. The third-order valence-corrected chi connectivity index (χ3v) is 3.17. The highest BCUT2D eigenvalue weighted by Gasteiger charge is 2.20. The fourth-order valence-electron chi connectivity index (χ4n) is 2.22. The lowest BCUT2D eigenvalue weighted by molar-refractivity contribution is -0.116. The van der Waals surface area contributed by atoms with Gasteiger partial charge in [0.15, 0.2) is 11.5 Å². The predicted molar refractivity (Wildman–Crippen MR) is 71.8 cm³/mol. The molecule has 0 atom stereocenters. The lowest BCUT2D eigenvalue weighted by Gasteiger charge is -2.25. The van der Waals surface area contributed by atoms with E-state index in [0.717, 1.165) is 31.6 Å². The maximum atomic E-state index is 11.3. The Hall–Kier alpha value is -1.55.